The number of anilines is 1. The molecule has 1 aromatic rings. The zero-order valence-electron chi connectivity index (χ0n) is 15.4. The lowest BCUT2D eigenvalue weighted by Gasteiger charge is -2.48. The van der Waals surface area contributed by atoms with Crippen LogP contribution in [0.1, 0.15) is 20.8 Å². The molecule has 4 atom stereocenters. The molecular weight excluding hydrogens is 390 g/mol. The summed E-state index contributed by atoms with van der Waals surface area (Å²) in [5.41, 5.74) is 0.583. The monoisotopic (exact) mass is 409 g/mol. The van der Waals surface area contributed by atoms with Gasteiger partial charge in [-0.25, -0.2) is 0 Å². The fraction of sp³-hybridized carbons (Fsp3) is 0.444. The van der Waals surface area contributed by atoms with Gasteiger partial charge in [0.05, 0.1) is 12.3 Å². The predicted octanol–water partition coefficient (Wildman–Crippen LogP) is 1.25. The third kappa shape index (κ3) is 3.83. The van der Waals surface area contributed by atoms with Crippen LogP contribution >= 0.6 is 11.8 Å². The number of hydrogen-bond donors (Lipinski definition) is 1. The Bertz CT molecular complexity index is 828. The predicted molar refractivity (Wildman–Crippen MR) is 96.3 cm³/mol. The summed E-state index contributed by atoms with van der Waals surface area (Å²) >= 11 is 1.05. The van der Waals surface area contributed by atoms with Gasteiger partial charge in [-0.1, -0.05) is 23.9 Å². The normalized spacial score (nSPS) is 28.7. The van der Waals surface area contributed by atoms with E-state index < -0.39 is 47.1 Å². The fourth-order valence-corrected chi connectivity index (χ4v) is 4.39. The van der Waals surface area contributed by atoms with Crippen molar-refractivity contribution in [2.75, 3.05) is 11.9 Å². The molecular formula is C18H19NO8S. The van der Waals surface area contributed by atoms with Crippen LogP contribution in [0.3, 0.4) is 0 Å². The molecule has 1 saturated heterocycles. The van der Waals surface area contributed by atoms with E-state index in [0.29, 0.717) is 10.6 Å². The lowest BCUT2D eigenvalue weighted by Crippen LogP contribution is -2.67. The summed E-state index contributed by atoms with van der Waals surface area (Å²) in [4.78, 5) is 46.9. The maximum absolute atomic E-state index is 13.0. The Balaban J connectivity index is 2.04. The molecule has 150 valence electrons. The van der Waals surface area contributed by atoms with Crippen LogP contribution in [0.5, 0.6) is 0 Å². The van der Waals surface area contributed by atoms with Gasteiger partial charge in [0.2, 0.25) is 4.93 Å². The first-order valence-corrected chi connectivity index (χ1v) is 9.29. The van der Waals surface area contributed by atoms with E-state index in [4.69, 9.17) is 18.9 Å². The first-order chi connectivity index (χ1) is 13.2. The number of nitrogens with one attached hydrogen (secondary N) is 1. The van der Waals surface area contributed by atoms with Gasteiger partial charge >= 0.3 is 17.9 Å². The zero-order valence-corrected chi connectivity index (χ0v) is 16.2. The Morgan fingerprint density at radius 2 is 1.71 bits per heavy atom. The maximum atomic E-state index is 13.0. The van der Waals surface area contributed by atoms with Crippen molar-refractivity contribution in [3.05, 3.63) is 24.3 Å². The summed E-state index contributed by atoms with van der Waals surface area (Å²) in [7, 11) is 0. The third-order valence-corrected chi connectivity index (χ3v) is 5.54. The molecule has 3 rings (SSSR count). The quantitative estimate of drug-likeness (QED) is 0.581. The molecule has 2 heterocycles. The van der Waals surface area contributed by atoms with Crippen LogP contribution in [0.2, 0.25) is 0 Å². The molecule has 10 heteroatoms. The van der Waals surface area contributed by atoms with Crippen molar-refractivity contribution in [1.29, 1.82) is 0 Å². The summed E-state index contributed by atoms with van der Waals surface area (Å²) in [5.74, 6) is -2.59. The Morgan fingerprint density at radius 3 is 2.36 bits per heavy atom. The molecule has 1 amide bonds. The van der Waals surface area contributed by atoms with Crippen molar-refractivity contribution in [3.8, 4) is 0 Å². The van der Waals surface area contributed by atoms with E-state index in [1.165, 1.54) is 13.8 Å². The molecule has 0 saturated carbocycles. The lowest BCUT2D eigenvalue weighted by atomic mass is 9.97. The van der Waals surface area contributed by atoms with Gasteiger partial charge in [-0.3, -0.25) is 19.2 Å². The topological polar surface area (TPSA) is 117 Å². The molecule has 0 unspecified atom stereocenters. The standard InChI is InChI=1S/C18H19NO8S/c1-9(20)25-13-8-24-18(16(27-11(3)22)15(13)26-10(2)21)17(23)19-12-6-4-5-7-14(12)28-18/h4-7,13,15-16H,8H2,1-3H3,(H,19,23)/t13-,15-,16+,18+/m1/s1. The van der Waals surface area contributed by atoms with Crippen molar-refractivity contribution in [2.45, 2.75) is 48.9 Å². The molecule has 0 radical (unpaired) electrons. The second-order valence-corrected chi connectivity index (χ2v) is 7.53. The Labute approximate surface area is 165 Å². The molecule has 2 aliphatic heterocycles. The zero-order chi connectivity index (χ0) is 20.5. The highest BCUT2D eigenvalue weighted by atomic mass is 32.2. The first-order valence-electron chi connectivity index (χ1n) is 8.48. The number of fused-ring (bicyclic) bond motifs is 1. The largest absolute Gasteiger partial charge is 0.456 e. The Hall–Kier alpha value is -2.59. The van der Waals surface area contributed by atoms with E-state index in [0.717, 1.165) is 18.7 Å². The maximum Gasteiger partial charge on any atom is 0.303 e. The van der Waals surface area contributed by atoms with Gasteiger partial charge in [0.1, 0.15) is 0 Å². The molecule has 0 bridgehead atoms. The van der Waals surface area contributed by atoms with Crippen molar-refractivity contribution < 1.29 is 38.1 Å². The van der Waals surface area contributed by atoms with Crippen LogP contribution in [0.25, 0.3) is 0 Å². The minimum atomic E-state index is -1.71. The summed E-state index contributed by atoms with van der Waals surface area (Å²) in [6, 6.07) is 7.05. The summed E-state index contributed by atoms with van der Waals surface area (Å²) in [6.07, 6.45) is -3.60. The van der Waals surface area contributed by atoms with Gasteiger partial charge < -0.3 is 24.3 Å². The van der Waals surface area contributed by atoms with Crippen LogP contribution < -0.4 is 5.32 Å². The molecule has 1 N–H and O–H groups in total. The molecule has 0 aromatic heterocycles. The third-order valence-electron chi connectivity index (χ3n) is 4.13. The lowest BCUT2D eigenvalue weighted by molar-refractivity contribution is -0.230. The fourth-order valence-electron chi connectivity index (χ4n) is 3.12. The van der Waals surface area contributed by atoms with Gasteiger partial charge in [0.25, 0.3) is 5.91 Å². The minimum Gasteiger partial charge on any atom is -0.456 e. The molecule has 1 fully saturated rings. The summed E-state index contributed by atoms with van der Waals surface area (Å²) < 4.78 is 21.7. The van der Waals surface area contributed by atoms with Gasteiger partial charge in [-0.2, -0.15) is 0 Å². The van der Waals surface area contributed by atoms with Crippen LogP contribution in [0.15, 0.2) is 29.2 Å². The van der Waals surface area contributed by atoms with E-state index >= 15 is 0 Å². The van der Waals surface area contributed by atoms with Crippen LogP contribution in [0.4, 0.5) is 5.69 Å². The summed E-state index contributed by atoms with van der Waals surface area (Å²) in [6.45, 7) is 3.29. The number of hydrogen-bond acceptors (Lipinski definition) is 9. The first kappa shape index (κ1) is 20.2. The van der Waals surface area contributed by atoms with Crippen LogP contribution in [0, 0.1) is 0 Å². The van der Waals surface area contributed by atoms with Crippen molar-refractivity contribution in [2.24, 2.45) is 0 Å². The van der Waals surface area contributed by atoms with E-state index in [1.54, 1.807) is 24.3 Å². The van der Waals surface area contributed by atoms with Crippen LogP contribution in [-0.4, -0.2) is 53.7 Å². The number of para-hydroxylation sites is 1. The van der Waals surface area contributed by atoms with E-state index in [9.17, 15) is 19.2 Å². The highest BCUT2D eigenvalue weighted by Crippen LogP contribution is 2.49. The number of thioether (sulfide) groups is 1. The van der Waals surface area contributed by atoms with E-state index in [1.807, 2.05) is 0 Å². The van der Waals surface area contributed by atoms with Crippen molar-refractivity contribution >= 4 is 41.3 Å². The van der Waals surface area contributed by atoms with E-state index in [-0.39, 0.29) is 6.61 Å². The number of carbonyl (C=O) groups is 4. The molecule has 28 heavy (non-hydrogen) atoms. The average molecular weight is 409 g/mol. The highest BCUT2D eigenvalue weighted by molar-refractivity contribution is 8.01. The van der Waals surface area contributed by atoms with Crippen molar-refractivity contribution in [1.82, 2.24) is 0 Å². The van der Waals surface area contributed by atoms with Gasteiger partial charge in [0, 0.05) is 25.7 Å². The number of amides is 1. The molecule has 1 spiro atoms. The van der Waals surface area contributed by atoms with E-state index in [2.05, 4.69) is 5.32 Å². The minimum absolute atomic E-state index is 0.224. The van der Waals surface area contributed by atoms with Gasteiger partial charge in [-0.15, -0.1) is 0 Å². The van der Waals surface area contributed by atoms with Gasteiger partial charge in [-0.05, 0) is 12.1 Å². The SMILES string of the molecule is CC(=O)O[C@@H]1[C@H](OC(C)=O)CO[C@]2(Sc3ccccc3NC2=O)[C@H]1OC(C)=O. The summed E-state index contributed by atoms with van der Waals surface area (Å²) in [5, 5.41) is 2.73. The number of carbonyl (C=O) groups excluding carboxylic acids is 4. The number of ether oxygens (including phenoxy) is 4. The van der Waals surface area contributed by atoms with Crippen molar-refractivity contribution in [3.63, 3.8) is 0 Å². The average Bonchev–Trinajstić information content (AvgIpc) is 2.60. The number of rotatable bonds is 3. The Morgan fingerprint density at radius 1 is 1.07 bits per heavy atom. The smallest absolute Gasteiger partial charge is 0.303 e. The molecule has 1 aromatic carbocycles. The van der Waals surface area contributed by atoms with Crippen LogP contribution in [-0.2, 0) is 38.1 Å². The second-order valence-electron chi connectivity index (χ2n) is 6.28. The second kappa shape index (κ2) is 7.80. The number of benzene rings is 1. The van der Waals surface area contributed by atoms with Gasteiger partial charge in [0.15, 0.2) is 18.3 Å². The molecule has 0 aliphatic carbocycles. The molecule has 9 nitrogen and oxygen atoms in total. The highest BCUT2D eigenvalue weighted by Gasteiger charge is 2.62. The molecule has 2 aliphatic rings. The number of esters is 3. The Kier molecular flexibility index (Phi) is 5.61.